The second-order valence-electron chi connectivity index (χ2n) is 9.07. The van der Waals surface area contributed by atoms with E-state index >= 15 is 0 Å². The summed E-state index contributed by atoms with van der Waals surface area (Å²) in [5, 5.41) is 7.68. The second-order valence-corrected chi connectivity index (χ2v) is 10.0. The van der Waals surface area contributed by atoms with E-state index in [1.807, 2.05) is 71.8 Å². The van der Waals surface area contributed by atoms with Crippen LogP contribution in [-0.2, 0) is 9.53 Å². The standard InChI is InChI=1S/C28H33N5O4S/c1-21-5-3-6-23(19-21)30-28(36)32-14-12-31(13-15-32)24-10-8-22(9-11-24)29-26(34)20-33(16-17-37-2)27(35)25-7-4-18-38-25/h3-11,18-19H,12-17,20H2,1-2H3,(H,29,34)(H,30,36). The number of nitrogens with zero attached hydrogens (tertiary/aromatic N) is 3. The molecular weight excluding hydrogens is 502 g/mol. The molecule has 1 aliphatic rings. The molecule has 0 aliphatic carbocycles. The summed E-state index contributed by atoms with van der Waals surface area (Å²) in [6, 6.07) is 18.9. The maximum Gasteiger partial charge on any atom is 0.321 e. The molecule has 0 radical (unpaired) electrons. The van der Waals surface area contributed by atoms with Crippen LogP contribution in [0.1, 0.15) is 15.2 Å². The first kappa shape index (κ1) is 27.2. The Balaban J connectivity index is 1.27. The highest BCUT2D eigenvalue weighted by atomic mass is 32.1. The number of carbonyl (C=O) groups excluding carboxylic acids is 3. The number of amides is 4. The largest absolute Gasteiger partial charge is 0.383 e. The van der Waals surface area contributed by atoms with Crippen molar-refractivity contribution in [2.45, 2.75) is 6.92 Å². The summed E-state index contributed by atoms with van der Waals surface area (Å²) >= 11 is 1.35. The van der Waals surface area contributed by atoms with Gasteiger partial charge in [-0.05, 0) is 60.3 Å². The van der Waals surface area contributed by atoms with E-state index < -0.39 is 0 Å². The van der Waals surface area contributed by atoms with Gasteiger partial charge in [0, 0.05) is 56.9 Å². The van der Waals surface area contributed by atoms with E-state index in [2.05, 4.69) is 15.5 Å². The number of hydrogen-bond acceptors (Lipinski definition) is 6. The summed E-state index contributed by atoms with van der Waals surface area (Å²) in [5.74, 6) is -0.457. The third-order valence-electron chi connectivity index (χ3n) is 6.27. The number of nitrogens with one attached hydrogen (secondary N) is 2. The maximum absolute atomic E-state index is 12.8. The summed E-state index contributed by atoms with van der Waals surface area (Å²) in [6.07, 6.45) is 0. The number of piperazine rings is 1. The number of rotatable bonds is 9. The zero-order valence-electron chi connectivity index (χ0n) is 21.7. The summed E-state index contributed by atoms with van der Waals surface area (Å²) < 4.78 is 5.11. The molecule has 2 aromatic carbocycles. The Bertz CT molecular complexity index is 1220. The zero-order chi connectivity index (χ0) is 26.9. The molecule has 10 heteroatoms. The van der Waals surface area contributed by atoms with Crippen molar-refractivity contribution < 1.29 is 19.1 Å². The van der Waals surface area contributed by atoms with Crippen LogP contribution in [0.4, 0.5) is 21.9 Å². The van der Waals surface area contributed by atoms with Gasteiger partial charge in [0.1, 0.15) is 6.54 Å². The summed E-state index contributed by atoms with van der Waals surface area (Å²) in [5.41, 5.74) is 3.58. The first-order valence-electron chi connectivity index (χ1n) is 12.5. The lowest BCUT2D eigenvalue weighted by Crippen LogP contribution is -2.50. The lowest BCUT2D eigenvalue weighted by molar-refractivity contribution is -0.117. The first-order valence-corrected chi connectivity index (χ1v) is 13.4. The highest BCUT2D eigenvalue weighted by Crippen LogP contribution is 2.20. The van der Waals surface area contributed by atoms with Gasteiger partial charge in [0.2, 0.25) is 5.91 Å². The molecule has 0 saturated carbocycles. The Morgan fingerprint density at radius 3 is 2.37 bits per heavy atom. The predicted octanol–water partition coefficient (Wildman–Crippen LogP) is 4.14. The molecule has 200 valence electrons. The van der Waals surface area contributed by atoms with Crippen LogP contribution in [0.5, 0.6) is 0 Å². The van der Waals surface area contributed by atoms with Gasteiger partial charge in [-0.15, -0.1) is 11.3 Å². The highest BCUT2D eigenvalue weighted by molar-refractivity contribution is 7.12. The minimum Gasteiger partial charge on any atom is -0.383 e. The molecule has 0 atom stereocenters. The van der Waals surface area contributed by atoms with Gasteiger partial charge in [-0.2, -0.15) is 0 Å². The molecule has 3 aromatic rings. The number of anilines is 3. The smallest absolute Gasteiger partial charge is 0.321 e. The quantitative estimate of drug-likeness (QED) is 0.430. The van der Waals surface area contributed by atoms with E-state index in [0.29, 0.717) is 49.9 Å². The van der Waals surface area contributed by atoms with Crippen LogP contribution in [0.15, 0.2) is 66.0 Å². The van der Waals surface area contributed by atoms with Gasteiger partial charge in [-0.3, -0.25) is 9.59 Å². The van der Waals surface area contributed by atoms with Crippen molar-refractivity contribution in [3.05, 3.63) is 76.5 Å². The summed E-state index contributed by atoms with van der Waals surface area (Å²) in [6.45, 7) is 5.27. The van der Waals surface area contributed by atoms with Gasteiger partial charge >= 0.3 is 6.03 Å². The van der Waals surface area contributed by atoms with Crippen molar-refractivity contribution in [3.8, 4) is 0 Å². The monoisotopic (exact) mass is 535 g/mol. The molecule has 1 aliphatic heterocycles. The van der Waals surface area contributed by atoms with Gasteiger partial charge in [0.05, 0.1) is 11.5 Å². The Morgan fingerprint density at radius 1 is 0.947 bits per heavy atom. The molecule has 2 heterocycles. The van der Waals surface area contributed by atoms with E-state index in [1.54, 1.807) is 13.2 Å². The molecule has 1 fully saturated rings. The molecule has 0 bridgehead atoms. The predicted molar refractivity (Wildman–Crippen MR) is 151 cm³/mol. The average molecular weight is 536 g/mol. The van der Waals surface area contributed by atoms with Crippen molar-refractivity contribution >= 4 is 46.2 Å². The van der Waals surface area contributed by atoms with E-state index in [-0.39, 0.29) is 24.4 Å². The Kier molecular flexibility index (Phi) is 9.34. The highest BCUT2D eigenvalue weighted by Gasteiger charge is 2.22. The van der Waals surface area contributed by atoms with Crippen molar-refractivity contribution in [3.63, 3.8) is 0 Å². The summed E-state index contributed by atoms with van der Waals surface area (Å²) in [7, 11) is 1.57. The lowest BCUT2D eigenvalue weighted by Gasteiger charge is -2.36. The van der Waals surface area contributed by atoms with E-state index in [1.165, 1.54) is 16.2 Å². The van der Waals surface area contributed by atoms with Crippen molar-refractivity contribution in [1.29, 1.82) is 0 Å². The van der Waals surface area contributed by atoms with Gasteiger partial charge < -0.3 is 30.1 Å². The number of ether oxygens (including phenoxy) is 1. The third-order valence-corrected chi connectivity index (χ3v) is 7.13. The maximum atomic E-state index is 12.8. The Labute approximate surface area is 227 Å². The molecule has 0 spiro atoms. The van der Waals surface area contributed by atoms with Crippen LogP contribution < -0.4 is 15.5 Å². The number of benzene rings is 2. The summed E-state index contributed by atoms with van der Waals surface area (Å²) in [4.78, 5) is 44.2. The van der Waals surface area contributed by atoms with Crippen molar-refractivity contribution in [2.75, 3.05) is 68.5 Å². The van der Waals surface area contributed by atoms with E-state index in [4.69, 9.17) is 4.74 Å². The minimum absolute atomic E-state index is 0.0611. The molecule has 1 saturated heterocycles. The topological polar surface area (TPSA) is 94.2 Å². The molecule has 4 amide bonds. The number of aryl methyl sites for hydroxylation is 1. The van der Waals surface area contributed by atoms with Gasteiger partial charge in [-0.1, -0.05) is 18.2 Å². The lowest BCUT2D eigenvalue weighted by atomic mass is 10.2. The molecular formula is C28H33N5O4S. The van der Waals surface area contributed by atoms with Crippen LogP contribution in [0.25, 0.3) is 0 Å². The van der Waals surface area contributed by atoms with Gasteiger partial charge in [-0.25, -0.2) is 4.79 Å². The normalized spacial score (nSPS) is 13.2. The second kappa shape index (κ2) is 13.1. The molecule has 1 aromatic heterocycles. The van der Waals surface area contributed by atoms with Crippen LogP contribution in [-0.4, -0.2) is 80.6 Å². The Morgan fingerprint density at radius 2 is 1.71 bits per heavy atom. The van der Waals surface area contributed by atoms with Crippen molar-refractivity contribution in [1.82, 2.24) is 9.80 Å². The van der Waals surface area contributed by atoms with Gasteiger partial charge in [0.25, 0.3) is 5.91 Å². The van der Waals surface area contributed by atoms with Crippen LogP contribution in [0, 0.1) is 6.92 Å². The number of carbonyl (C=O) groups is 3. The van der Waals surface area contributed by atoms with Crippen LogP contribution in [0.3, 0.4) is 0 Å². The third kappa shape index (κ3) is 7.33. The first-order chi connectivity index (χ1) is 18.4. The minimum atomic E-state index is -0.271. The SMILES string of the molecule is COCCN(CC(=O)Nc1ccc(N2CCN(C(=O)Nc3cccc(C)c3)CC2)cc1)C(=O)c1cccs1. The van der Waals surface area contributed by atoms with Crippen LogP contribution >= 0.6 is 11.3 Å². The van der Waals surface area contributed by atoms with E-state index in [0.717, 1.165) is 16.9 Å². The molecule has 2 N–H and O–H groups in total. The fourth-order valence-electron chi connectivity index (χ4n) is 4.23. The molecule has 9 nitrogen and oxygen atoms in total. The molecule has 4 rings (SSSR count). The zero-order valence-corrected chi connectivity index (χ0v) is 22.5. The number of thiophene rings is 1. The molecule has 0 unspecified atom stereocenters. The Hall–Kier alpha value is -3.89. The fourth-order valence-corrected chi connectivity index (χ4v) is 4.92. The van der Waals surface area contributed by atoms with E-state index in [9.17, 15) is 14.4 Å². The number of methoxy groups -OCH3 is 1. The fraction of sp³-hybridized carbons (Fsp3) is 0.321. The van der Waals surface area contributed by atoms with Crippen molar-refractivity contribution in [2.24, 2.45) is 0 Å². The number of hydrogen-bond donors (Lipinski definition) is 2. The number of urea groups is 1. The average Bonchev–Trinajstić information content (AvgIpc) is 3.46. The van der Waals surface area contributed by atoms with Crippen LogP contribution in [0.2, 0.25) is 0 Å². The molecule has 38 heavy (non-hydrogen) atoms. The van der Waals surface area contributed by atoms with Gasteiger partial charge in [0.15, 0.2) is 0 Å².